The quantitative estimate of drug-likeness (QED) is 0.739. The highest BCUT2D eigenvalue weighted by molar-refractivity contribution is 5.89. The summed E-state index contributed by atoms with van der Waals surface area (Å²) in [4.78, 5) is 8.29. The van der Waals surface area contributed by atoms with Gasteiger partial charge in [-0.05, 0) is 19.1 Å². The second kappa shape index (κ2) is 5.76. The minimum absolute atomic E-state index is 0.459. The maximum absolute atomic E-state index is 5.50. The molecule has 0 spiro atoms. The lowest BCUT2D eigenvalue weighted by Crippen LogP contribution is -2.10. The molecule has 3 rings (SSSR count). The van der Waals surface area contributed by atoms with E-state index in [1.807, 2.05) is 31.2 Å². The van der Waals surface area contributed by atoms with E-state index in [1.165, 1.54) is 6.33 Å². The molecule has 0 aliphatic rings. The van der Waals surface area contributed by atoms with E-state index in [4.69, 9.17) is 15.0 Å². The van der Waals surface area contributed by atoms with Crippen molar-refractivity contribution >= 4 is 22.6 Å². The standard InChI is InChI=1S/C14H15N5O2/c1-9-12-13(16-8-17-14(12)21-19-9)18-10-3-2-4-11(7-10)20-6-5-15/h2-4,7-8H,5-6,15H2,1H3,(H,16,17,18). The number of aromatic nitrogens is 3. The van der Waals surface area contributed by atoms with Crippen molar-refractivity contribution in [1.82, 2.24) is 15.1 Å². The van der Waals surface area contributed by atoms with E-state index in [-0.39, 0.29) is 0 Å². The third-order valence-corrected chi connectivity index (χ3v) is 2.93. The Morgan fingerprint density at radius 3 is 3.10 bits per heavy atom. The van der Waals surface area contributed by atoms with Gasteiger partial charge in [-0.15, -0.1) is 0 Å². The van der Waals surface area contributed by atoms with Gasteiger partial charge in [-0.25, -0.2) is 4.98 Å². The van der Waals surface area contributed by atoms with Gasteiger partial charge in [0, 0.05) is 18.3 Å². The summed E-state index contributed by atoms with van der Waals surface area (Å²) < 4.78 is 10.6. The molecule has 2 heterocycles. The van der Waals surface area contributed by atoms with Gasteiger partial charge in [-0.1, -0.05) is 11.2 Å². The lowest BCUT2D eigenvalue weighted by atomic mass is 10.2. The van der Waals surface area contributed by atoms with Crippen LogP contribution in [-0.2, 0) is 0 Å². The van der Waals surface area contributed by atoms with Crippen molar-refractivity contribution in [1.29, 1.82) is 0 Å². The zero-order valence-electron chi connectivity index (χ0n) is 11.5. The van der Waals surface area contributed by atoms with Gasteiger partial charge in [0.2, 0.25) is 0 Å². The van der Waals surface area contributed by atoms with E-state index in [0.717, 1.165) is 22.5 Å². The van der Waals surface area contributed by atoms with Crippen LogP contribution in [0.4, 0.5) is 11.5 Å². The minimum atomic E-state index is 0.459. The number of anilines is 2. The molecule has 0 atom stereocenters. The van der Waals surface area contributed by atoms with Gasteiger partial charge in [0.1, 0.15) is 29.9 Å². The monoisotopic (exact) mass is 285 g/mol. The molecule has 108 valence electrons. The van der Waals surface area contributed by atoms with Gasteiger partial charge in [0.15, 0.2) is 0 Å². The number of fused-ring (bicyclic) bond motifs is 1. The van der Waals surface area contributed by atoms with E-state index in [0.29, 0.717) is 24.7 Å². The largest absolute Gasteiger partial charge is 0.492 e. The van der Waals surface area contributed by atoms with Gasteiger partial charge < -0.3 is 20.3 Å². The molecule has 0 aliphatic heterocycles. The molecule has 7 nitrogen and oxygen atoms in total. The summed E-state index contributed by atoms with van der Waals surface area (Å²) in [6, 6.07) is 7.58. The van der Waals surface area contributed by atoms with Gasteiger partial charge in [0.25, 0.3) is 5.71 Å². The fourth-order valence-corrected chi connectivity index (χ4v) is 1.99. The Labute approximate surface area is 121 Å². The third-order valence-electron chi connectivity index (χ3n) is 2.93. The maximum Gasteiger partial charge on any atom is 0.263 e. The summed E-state index contributed by atoms with van der Waals surface area (Å²) in [7, 11) is 0. The van der Waals surface area contributed by atoms with E-state index >= 15 is 0 Å². The van der Waals surface area contributed by atoms with Gasteiger partial charge in [0.05, 0.1) is 5.69 Å². The average molecular weight is 285 g/mol. The van der Waals surface area contributed by atoms with Crippen LogP contribution in [0, 0.1) is 6.92 Å². The molecule has 0 saturated carbocycles. The Bertz CT molecular complexity index is 756. The summed E-state index contributed by atoms with van der Waals surface area (Å²) in [6.45, 7) is 2.80. The Morgan fingerprint density at radius 2 is 2.24 bits per heavy atom. The highest BCUT2D eigenvalue weighted by Gasteiger charge is 2.12. The molecule has 0 unspecified atom stereocenters. The highest BCUT2D eigenvalue weighted by atomic mass is 16.5. The predicted octanol–water partition coefficient (Wildman–Crippen LogP) is 2.01. The number of nitrogens with two attached hydrogens (primary N) is 1. The van der Waals surface area contributed by atoms with E-state index in [2.05, 4.69) is 20.4 Å². The Kier molecular flexibility index (Phi) is 3.65. The summed E-state index contributed by atoms with van der Waals surface area (Å²) in [5.41, 5.74) is 7.48. The molecule has 2 aromatic heterocycles. The molecular formula is C14H15N5O2. The first kappa shape index (κ1) is 13.3. The van der Waals surface area contributed by atoms with Crippen LogP contribution in [0.1, 0.15) is 5.69 Å². The van der Waals surface area contributed by atoms with E-state index in [9.17, 15) is 0 Å². The second-order valence-electron chi connectivity index (χ2n) is 4.46. The topological polar surface area (TPSA) is 99.1 Å². The van der Waals surface area contributed by atoms with Crippen molar-refractivity contribution in [2.24, 2.45) is 5.73 Å². The SMILES string of the molecule is Cc1noc2ncnc(Nc3cccc(OCCN)c3)c12. The van der Waals surface area contributed by atoms with E-state index < -0.39 is 0 Å². The first-order chi connectivity index (χ1) is 10.3. The van der Waals surface area contributed by atoms with Crippen molar-refractivity contribution in [3.8, 4) is 5.75 Å². The Morgan fingerprint density at radius 1 is 1.33 bits per heavy atom. The predicted molar refractivity (Wildman–Crippen MR) is 78.6 cm³/mol. The van der Waals surface area contributed by atoms with Crippen LogP contribution in [-0.4, -0.2) is 28.3 Å². The number of aryl methyl sites for hydroxylation is 1. The van der Waals surface area contributed by atoms with Gasteiger partial charge in [-0.2, -0.15) is 4.98 Å². The number of nitrogens with zero attached hydrogens (tertiary/aromatic N) is 3. The van der Waals surface area contributed by atoms with Crippen molar-refractivity contribution in [2.75, 3.05) is 18.5 Å². The molecule has 0 amide bonds. The normalized spacial score (nSPS) is 10.8. The minimum Gasteiger partial charge on any atom is -0.492 e. The highest BCUT2D eigenvalue weighted by Crippen LogP contribution is 2.26. The molecule has 3 N–H and O–H groups in total. The molecule has 7 heteroatoms. The number of hydrogen-bond donors (Lipinski definition) is 2. The summed E-state index contributed by atoms with van der Waals surface area (Å²) in [5, 5.41) is 7.90. The summed E-state index contributed by atoms with van der Waals surface area (Å²) in [6.07, 6.45) is 1.43. The number of benzene rings is 1. The van der Waals surface area contributed by atoms with Crippen LogP contribution in [0.25, 0.3) is 11.1 Å². The first-order valence-corrected chi connectivity index (χ1v) is 6.55. The molecular weight excluding hydrogens is 270 g/mol. The van der Waals surface area contributed by atoms with Gasteiger partial charge in [-0.3, -0.25) is 0 Å². The number of ether oxygens (including phenoxy) is 1. The smallest absolute Gasteiger partial charge is 0.263 e. The molecule has 0 aliphatic carbocycles. The number of nitrogens with one attached hydrogen (secondary N) is 1. The molecule has 3 aromatic rings. The molecule has 1 aromatic carbocycles. The lowest BCUT2D eigenvalue weighted by molar-refractivity contribution is 0.328. The van der Waals surface area contributed by atoms with Crippen LogP contribution in [0.3, 0.4) is 0 Å². The number of hydrogen-bond acceptors (Lipinski definition) is 7. The summed E-state index contributed by atoms with van der Waals surface area (Å²) >= 11 is 0. The van der Waals surface area contributed by atoms with Crippen LogP contribution in [0.5, 0.6) is 5.75 Å². The fraction of sp³-hybridized carbons (Fsp3) is 0.214. The van der Waals surface area contributed by atoms with Crippen molar-refractivity contribution < 1.29 is 9.26 Å². The lowest BCUT2D eigenvalue weighted by Gasteiger charge is -2.09. The maximum atomic E-state index is 5.50. The van der Waals surface area contributed by atoms with Crippen molar-refractivity contribution in [3.05, 3.63) is 36.3 Å². The molecule has 0 bridgehead atoms. The van der Waals surface area contributed by atoms with Crippen molar-refractivity contribution in [2.45, 2.75) is 6.92 Å². The fourth-order valence-electron chi connectivity index (χ4n) is 1.99. The second-order valence-corrected chi connectivity index (χ2v) is 4.46. The molecule has 0 saturated heterocycles. The third kappa shape index (κ3) is 2.77. The zero-order chi connectivity index (χ0) is 14.7. The molecule has 21 heavy (non-hydrogen) atoms. The first-order valence-electron chi connectivity index (χ1n) is 6.55. The van der Waals surface area contributed by atoms with Gasteiger partial charge >= 0.3 is 0 Å². The Balaban J connectivity index is 1.90. The number of rotatable bonds is 5. The molecule has 0 fully saturated rings. The van der Waals surface area contributed by atoms with Crippen molar-refractivity contribution in [3.63, 3.8) is 0 Å². The van der Waals surface area contributed by atoms with Crippen LogP contribution < -0.4 is 15.8 Å². The van der Waals surface area contributed by atoms with E-state index in [1.54, 1.807) is 0 Å². The molecule has 0 radical (unpaired) electrons. The van der Waals surface area contributed by atoms with Crippen LogP contribution >= 0.6 is 0 Å². The summed E-state index contributed by atoms with van der Waals surface area (Å²) in [5.74, 6) is 1.40. The Hall–Kier alpha value is -2.67. The van der Waals surface area contributed by atoms with Crippen LogP contribution in [0.15, 0.2) is 35.1 Å². The average Bonchev–Trinajstić information content (AvgIpc) is 2.88. The zero-order valence-corrected chi connectivity index (χ0v) is 11.5. The van der Waals surface area contributed by atoms with Crippen LogP contribution in [0.2, 0.25) is 0 Å².